The van der Waals surface area contributed by atoms with Crippen LogP contribution in [0.2, 0.25) is 0 Å². The van der Waals surface area contributed by atoms with Gasteiger partial charge in [-0.15, -0.1) is 0 Å². The Hall–Kier alpha value is -2.81. The first kappa shape index (κ1) is 14.6. The van der Waals surface area contributed by atoms with Gasteiger partial charge in [-0.05, 0) is 18.2 Å². The summed E-state index contributed by atoms with van der Waals surface area (Å²) in [5.41, 5.74) is 0.748. The van der Waals surface area contributed by atoms with Crippen molar-refractivity contribution in [3.63, 3.8) is 0 Å². The fourth-order valence-electron chi connectivity index (χ4n) is 1.50. The number of thiophene rings is 1. The Balaban J connectivity index is 2.04. The van der Waals surface area contributed by atoms with Gasteiger partial charge in [-0.25, -0.2) is 0 Å². The van der Waals surface area contributed by atoms with Crippen molar-refractivity contribution in [2.45, 2.75) is 6.42 Å². The minimum Gasteiger partial charge on any atom is -0.481 e. The highest BCUT2D eigenvalue weighted by molar-refractivity contribution is 7.17. The van der Waals surface area contributed by atoms with Gasteiger partial charge < -0.3 is 10.4 Å². The molecule has 0 fully saturated rings. The second-order valence-electron chi connectivity index (χ2n) is 3.96. The molecule has 0 saturated heterocycles. The van der Waals surface area contributed by atoms with Crippen LogP contribution < -0.4 is 5.32 Å². The minimum absolute atomic E-state index is 0.116. The highest BCUT2D eigenvalue weighted by Gasteiger charge is 2.15. The van der Waals surface area contributed by atoms with E-state index in [-0.39, 0.29) is 16.3 Å². The van der Waals surface area contributed by atoms with E-state index < -0.39 is 16.8 Å². The number of pyridine rings is 1. The number of carboxylic acids is 1. The maximum Gasteiger partial charge on any atom is 0.324 e. The molecule has 0 spiro atoms. The molecule has 8 nitrogen and oxygen atoms in total. The van der Waals surface area contributed by atoms with E-state index in [0.717, 1.165) is 11.3 Å². The molecule has 0 unspecified atom stereocenters. The van der Waals surface area contributed by atoms with Crippen molar-refractivity contribution in [2.24, 2.45) is 0 Å². The number of nitro groups is 1. The lowest BCUT2D eigenvalue weighted by molar-refractivity contribution is -0.380. The van der Waals surface area contributed by atoms with Crippen LogP contribution in [0.1, 0.15) is 15.4 Å². The van der Waals surface area contributed by atoms with Crippen molar-refractivity contribution in [2.75, 3.05) is 5.32 Å². The highest BCUT2D eigenvalue weighted by Crippen LogP contribution is 2.24. The predicted octanol–water partition coefficient (Wildman–Crippen LogP) is 1.93. The molecule has 21 heavy (non-hydrogen) atoms. The number of carbonyl (C=O) groups is 2. The molecule has 1 amide bonds. The van der Waals surface area contributed by atoms with E-state index in [1.165, 1.54) is 30.5 Å². The molecule has 0 aliphatic carbocycles. The molecule has 108 valence electrons. The Morgan fingerprint density at radius 3 is 2.62 bits per heavy atom. The van der Waals surface area contributed by atoms with Gasteiger partial charge >= 0.3 is 11.0 Å². The first-order valence-corrected chi connectivity index (χ1v) is 6.49. The average molecular weight is 307 g/mol. The molecule has 2 heterocycles. The van der Waals surface area contributed by atoms with Gasteiger partial charge in [-0.2, -0.15) is 0 Å². The first-order valence-electron chi connectivity index (χ1n) is 5.68. The summed E-state index contributed by atoms with van der Waals surface area (Å²) in [7, 11) is 0. The maximum absolute atomic E-state index is 11.9. The zero-order chi connectivity index (χ0) is 15.4. The monoisotopic (exact) mass is 307 g/mol. The third-order valence-corrected chi connectivity index (χ3v) is 3.45. The molecule has 2 aromatic heterocycles. The van der Waals surface area contributed by atoms with Gasteiger partial charge in [0, 0.05) is 6.07 Å². The largest absolute Gasteiger partial charge is 0.481 e. The van der Waals surface area contributed by atoms with Crippen LogP contribution in [0, 0.1) is 10.1 Å². The molecule has 0 aliphatic rings. The topological polar surface area (TPSA) is 122 Å². The molecule has 9 heteroatoms. The van der Waals surface area contributed by atoms with E-state index in [9.17, 15) is 19.7 Å². The van der Waals surface area contributed by atoms with Crippen LogP contribution in [0.4, 0.5) is 10.7 Å². The van der Waals surface area contributed by atoms with Gasteiger partial charge in [-0.1, -0.05) is 11.3 Å². The van der Waals surface area contributed by atoms with Crippen molar-refractivity contribution in [3.05, 3.63) is 51.1 Å². The summed E-state index contributed by atoms with van der Waals surface area (Å²) in [5, 5.41) is 21.6. The Morgan fingerprint density at radius 2 is 2.10 bits per heavy atom. The quantitative estimate of drug-likeness (QED) is 0.642. The van der Waals surface area contributed by atoms with E-state index in [2.05, 4.69) is 10.3 Å². The highest BCUT2D eigenvalue weighted by atomic mass is 32.1. The molecule has 0 atom stereocenters. The van der Waals surface area contributed by atoms with Crippen molar-refractivity contribution >= 4 is 33.9 Å². The van der Waals surface area contributed by atoms with Gasteiger partial charge in [0.25, 0.3) is 5.91 Å². The molecule has 0 saturated carbocycles. The summed E-state index contributed by atoms with van der Waals surface area (Å²) in [5.74, 6) is -1.48. The van der Waals surface area contributed by atoms with Crippen molar-refractivity contribution in [1.82, 2.24) is 4.98 Å². The number of aliphatic carboxylic acids is 1. The van der Waals surface area contributed by atoms with E-state index in [1.54, 1.807) is 0 Å². The van der Waals surface area contributed by atoms with Crippen LogP contribution in [-0.2, 0) is 11.2 Å². The second kappa shape index (κ2) is 6.09. The second-order valence-corrected chi connectivity index (χ2v) is 5.02. The van der Waals surface area contributed by atoms with E-state index in [1.807, 2.05) is 0 Å². The standard InChI is InChI=1S/C12H9N3O5S/c16-11(17)5-7-1-2-8(6-13-7)14-12(18)9-3-4-10(21-9)15(19)20/h1-4,6H,5H2,(H,14,18)(H,16,17). The van der Waals surface area contributed by atoms with Crippen LogP contribution in [0.25, 0.3) is 0 Å². The number of nitrogens with one attached hydrogen (secondary N) is 1. The lowest BCUT2D eigenvalue weighted by Crippen LogP contribution is -2.10. The van der Waals surface area contributed by atoms with Crippen LogP contribution in [0.15, 0.2) is 30.5 Å². The fraction of sp³-hybridized carbons (Fsp3) is 0.0833. The van der Waals surface area contributed by atoms with Gasteiger partial charge in [0.1, 0.15) is 0 Å². The molecule has 0 radical (unpaired) electrons. The average Bonchev–Trinajstić information content (AvgIpc) is 2.90. The number of aromatic nitrogens is 1. The van der Waals surface area contributed by atoms with Crippen LogP contribution in [0.3, 0.4) is 0 Å². The van der Waals surface area contributed by atoms with E-state index in [0.29, 0.717) is 11.4 Å². The molecular formula is C12H9N3O5S. The SMILES string of the molecule is O=C(O)Cc1ccc(NC(=O)c2ccc([N+](=O)[O-])s2)cn1. The molecule has 0 aromatic carbocycles. The Bertz CT molecular complexity index is 695. The van der Waals surface area contributed by atoms with E-state index in [4.69, 9.17) is 5.11 Å². The molecule has 2 rings (SSSR count). The number of hydrogen-bond acceptors (Lipinski definition) is 6. The minimum atomic E-state index is -0.995. The first-order chi connectivity index (χ1) is 9.95. The number of rotatable bonds is 5. The zero-order valence-corrected chi connectivity index (χ0v) is 11.3. The van der Waals surface area contributed by atoms with Gasteiger partial charge in [0.15, 0.2) is 0 Å². The smallest absolute Gasteiger partial charge is 0.324 e. The summed E-state index contributed by atoms with van der Waals surface area (Å²) < 4.78 is 0. The summed E-state index contributed by atoms with van der Waals surface area (Å²) in [6, 6.07) is 5.63. The number of hydrogen-bond donors (Lipinski definition) is 2. The summed E-state index contributed by atoms with van der Waals surface area (Å²) in [6.45, 7) is 0. The maximum atomic E-state index is 11.9. The third kappa shape index (κ3) is 3.83. The van der Waals surface area contributed by atoms with Crippen molar-refractivity contribution in [3.8, 4) is 0 Å². The molecule has 2 N–H and O–H groups in total. The van der Waals surface area contributed by atoms with Crippen LogP contribution in [-0.4, -0.2) is 26.9 Å². The van der Waals surface area contributed by atoms with Crippen molar-refractivity contribution < 1.29 is 19.6 Å². The molecule has 0 bridgehead atoms. The normalized spacial score (nSPS) is 10.1. The summed E-state index contributed by atoms with van der Waals surface area (Å²) in [6.07, 6.45) is 1.13. The van der Waals surface area contributed by atoms with Crippen LogP contribution >= 0.6 is 11.3 Å². The predicted molar refractivity (Wildman–Crippen MR) is 74.5 cm³/mol. The van der Waals surface area contributed by atoms with Crippen molar-refractivity contribution in [1.29, 1.82) is 0 Å². The van der Waals surface area contributed by atoms with Gasteiger partial charge in [0.2, 0.25) is 0 Å². The number of amides is 1. The number of nitrogens with zero attached hydrogens (tertiary/aromatic N) is 2. The Labute approximate surface area is 122 Å². The summed E-state index contributed by atoms with van der Waals surface area (Å²) >= 11 is 0.771. The molecule has 0 aliphatic heterocycles. The summed E-state index contributed by atoms with van der Waals surface area (Å²) in [4.78, 5) is 36.5. The van der Waals surface area contributed by atoms with Gasteiger partial charge in [0.05, 0.1) is 33.8 Å². The number of carbonyl (C=O) groups excluding carboxylic acids is 1. The lowest BCUT2D eigenvalue weighted by Gasteiger charge is -2.03. The molecular weight excluding hydrogens is 298 g/mol. The van der Waals surface area contributed by atoms with Gasteiger partial charge in [-0.3, -0.25) is 24.7 Å². The number of anilines is 1. The molecule has 2 aromatic rings. The van der Waals surface area contributed by atoms with E-state index >= 15 is 0 Å². The van der Waals surface area contributed by atoms with Crippen LogP contribution in [0.5, 0.6) is 0 Å². The Kier molecular flexibility index (Phi) is 4.24. The number of carboxylic acid groups (broad SMARTS) is 1. The zero-order valence-electron chi connectivity index (χ0n) is 10.5. The lowest BCUT2D eigenvalue weighted by atomic mass is 10.2. The fourth-order valence-corrected chi connectivity index (χ4v) is 2.21. The Morgan fingerprint density at radius 1 is 1.33 bits per heavy atom. The third-order valence-electron chi connectivity index (χ3n) is 2.41.